The third-order valence-corrected chi connectivity index (χ3v) is 2.95. The van der Waals surface area contributed by atoms with Gasteiger partial charge in [0, 0.05) is 26.1 Å². The second kappa shape index (κ2) is 9.87. The molecule has 7 heteroatoms. The number of carbonyl (C=O) groups is 2. The highest BCUT2D eigenvalue weighted by atomic mass is 35.5. The molecule has 0 aliphatic heterocycles. The first kappa shape index (κ1) is 16.9. The first-order valence-corrected chi connectivity index (χ1v) is 6.35. The van der Waals surface area contributed by atoms with Gasteiger partial charge in [0.2, 0.25) is 5.91 Å². The molecule has 0 radical (unpaired) electrons. The van der Waals surface area contributed by atoms with Gasteiger partial charge in [-0.2, -0.15) is 0 Å². The van der Waals surface area contributed by atoms with Crippen molar-refractivity contribution < 1.29 is 9.59 Å². The van der Waals surface area contributed by atoms with Crippen LogP contribution in [0.4, 0.5) is 0 Å². The molecule has 0 aromatic carbocycles. The highest BCUT2D eigenvalue weighted by Gasteiger charge is 2.05. The lowest BCUT2D eigenvalue weighted by atomic mass is 10.4. The van der Waals surface area contributed by atoms with Crippen LogP contribution in [-0.4, -0.2) is 38.5 Å². The van der Waals surface area contributed by atoms with Gasteiger partial charge in [0.1, 0.15) is 0 Å². The fourth-order valence-corrected chi connectivity index (χ4v) is 1.84. The van der Waals surface area contributed by atoms with E-state index < -0.39 is 0 Å². The Balaban J connectivity index is 0.00000289. The van der Waals surface area contributed by atoms with Gasteiger partial charge in [-0.1, -0.05) is 6.07 Å². The molecule has 0 unspecified atom stereocenters. The summed E-state index contributed by atoms with van der Waals surface area (Å²) in [6.45, 7) is 1.56. The lowest BCUT2D eigenvalue weighted by Crippen LogP contribution is -2.35. The second-order valence-electron chi connectivity index (χ2n) is 3.44. The Morgan fingerprint density at radius 1 is 1.22 bits per heavy atom. The van der Waals surface area contributed by atoms with Crippen LogP contribution in [0, 0.1) is 0 Å². The number of carbonyl (C=O) groups excluding carboxylic acids is 2. The minimum Gasteiger partial charge on any atom is -0.354 e. The first-order valence-electron chi connectivity index (χ1n) is 5.47. The maximum absolute atomic E-state index is 11.5. The molecule has 0 aliphatic rings. The van der Waals surface area contributed by atoms with Gasteiger partial charge in [-0.25, -0.2) is 0 Å². The average molecular weight is 292 g/mol. The zero-order chi connectivity index (χ0) is 12.5. The molecule has 0 fully saturated rings. The number of hydrogen-bond donors (Lipinski definition) is 3. The molecule has 2 amide bonds. The number of rotatable bonds is 7. The Labute approximate surface area is 117 Å². The standard InChI is InChI=1S/C11H17N3O2S.ClH/c1-12-5-4-10(15)13-6-7-14-11(16)9-3-2-8-17-9;/h2-3,8,12H,4-7H2,1H3,(H,13,15)(H,14,16);1H. The van der Waals surface area contributed by atoms with Gasteiger partial charge >= 0.3 is 0 Å². The summed E-state index contributed by atoms with van der Waals surface area (Å²) >= 11 is 1.40. The molecule has 1 rings (SSSR count). The maximum atomic E-state index is 11.5. The van der Waals surface area contributed by atoms with Crippen LogP contribution in [0.1, 0.15) is 16.1 Å². The summed E-state index contributed by atoms with van der Waals surface area (Å²) in [5, 5.41) is 10.2. The summed E-state index contributed by atoms with van der Waals surface area (Å²) < 4.78 is 0. The smallest absolute Gasteiger partial charge is 0.261 e. The fourth-order valence-electron chi connectivity index (χ4n) is 1.20. The van der Waals surface area contributed by atoms with Gasteiger partial charge in [0.05, 0.1) is 4.88 Å². The minimum atomic E-state index is -0.0931. The van der Waals surface area contributed by atoms with Crippen LogP contribution in [0.5, 0.6) is 0 Å². The molecule has 1 aromatic rings. The summed E-state index contributed by atoms with van der Waals surface area (Å²) in [7, 11) is 1.80. The average Bonchev–Trinajstić information content (AvgIpc) is 2.85. The Hall–Kier alpha value is -1.11. The van der Waals surface area contributed by atoms with Gasteiger partial charge in [0.25, 0.3) is 5.91 Å². The quantitative estimate of drug-likeness (QED) is 0.645. The molecule has 0 atom stereocenters. The fraction of sp³-hybridized carbons (Fsp3) is 0.455. The van der Waals surface area contributed by atoms with Crippen LogP contribution >= 0.6 is 23.7 Å². The molecule has 1 heterocycles. The van der Waals surface area contributed by atoms with Crippen LogP contribution in [-0.2, 0) is 4.79 Å². The zero-order valence-electron chi connectivity index (χ0n) is 10.2. The lowest BCUT2D eigenvalue weighted by molar-refractivity contribution is -0.120. The molecular weight excluding hydrogens is 274 g/mol. The van der Waals surface area contributed by atoms with Crippen LogP contribution in [0.25, 0.3) is 0 Å². The van der Waals surface area contributed by atoms with Gasteiger partial charge < -0.3 is 16.0 Å². The van der Waals surface area contributed by atoms with Crippen molar-refractivity contribution in [1.29, 1.82) is 0 Å². The van der Waals surface area contributed by atoms with E-state index in [0.717, 1.165) is 0 Å². The lowest BCUT2D eigenvalue weighted by Gasteiger charge is -2.06. The zero-order valence-corrected chi connectivity index (χ0v) is 11.8. The molecule has 0 spiro atoms. The van der Waals surface area contributed by atoms with E-state index in [1.807, 2.05) is 11.4 Å². The predicted octanol–water partition coefficient (Wildman–Crippen LogP) is 0.625. The molecule has 102 valence electrons. The van der Waals surface area contributed by atoms with Crippen molar-refractivity contribution in [2.75, 3.05) is 26.7 Å². The number of nitrogens with one attached hydrogen (secondary N) is 3. The van der Waals surface area contributed by atoms with Crippen molar-refractivity contribution in [3.05, 3.63) is 22.4 Å². The number of amides is 2. The summed E-state index contributed by atoms with van der Waals surface area (Å²) in [4.78, 5) is 23.4. The summed E-state index contributed by atoms with van der Waals surface area (Å²) in [5.41, 5.74) is 0. The van der Waals surface area contributed by atoms with E-state index in [9.17, 15) is 9.59 Å². The molecule has 1 aromatic heterocycles. The molecule has 0 aliphatic carbocycles. The molecular formula is C11H18ClN3O2S. The maximum Gasteiger partial charge on any atom is 0.261 e. The highest BCUT2D eigenvalue weighted by molar-refractivity contribution is 7.12. The second-order valence-corrected chi connectivity index (χ2v) is 4.38. The molecule has 3 N–H and O–H groups in total. The summed E-state index contributed by atoms with van der Waals surface area (Å²) in [5.74, 6) is -0.103. The SMILES string of the molecule is CNCCC(=O)NCCNC(=O)c1cccs1.Cl. The van der Waals surface area contributed by atoms with Crippen molar-refractivity contribution >= 4 is 35.6 Å². The van der Waals surface area contributed by atoms with Crippen LogP contribution in [0.3, 0.4) is 0 Å². The van der Waals surface area contributed by atoms with Gasteiger partial charge in [-0.15, -0.1) is 23.7 Å². The molecule has 0 bridgehead atoms. The van der Waals surface area contributed by atoms with Gasteiger partial charge in [-0.3, -0.25) is 9.59 Å². The molecule has 18 heavy (non-hydrogen) atoms. The van der Waals surface area contributed by atoms with E-state index >= 15 is 0 Å². The van der Waals surface area contributed by atoms with Crippen molar-refractivity contribution in [3.8, 4) is 0 Å². The summed E-state index contributed by atoms with van der Waals surface area (Å²) in [6, 6.07) is 3.60. The summed E-state index contributed by atoms with van der Waals surface area (Å²) in [6.07, 6.45) is 0.454. The third-order valence-electron chi connectivity index (χ3n) is 2.08. The highest BCUT2D eigenvalue weighted by Crippen LogP contribution is 2.07. The van der Waals surface area contributed by atoms with Crippen molar-refractivity contribution in [3.63, 3.8) is 0 Å². The van der Waals surface area contributed by atoms with Crippen molar-refractivity contribution in [2.45, 2.75) is 6.42 Å². The van der Waals surface area contributed by atoms with E-state index in [4.69, 9.17) is 0 Å². The van der Waals surface area contributed by atoms with E-state index in [1.54, 1.807) is 13.1 Å². The third kappa shape index (κ3) is 6.58. The van der Waals surface area contributed by atoms with Crippen LogP contribution in [0.2, 0.25) is 0 Å². The normalized spacial score (nSPS) is 9.39. The number of halogens is 1. The van der Waals surface area contributed by atoms with E-state index in [1.165, 1.54) is 11.3 Å². The topological polar surface area (TPSA) is 70.2 Å². The Bertz CT molecular complexity index is 357. The van der Waals surface area contributed by atoms with Crippen LogP contribution in [0.15, 0.2) is 17.5 Å². The largest absolute Gasteiger partial charge is 0.354 e. The predicted molar refractivity (Wildman–Crippen MR) is 75.5 cm³/mol. The van der Waals surface area contributed by atoms with Gasteiger partial charge in [0.15, 0.2) is 0 Å². The van der Waals surface area contributed by atoms with E-state index in [0.29, 0.717) is 30.9 Å². The van der Waals surface area contributed by atoms with E-state index in [2.05, 4.69) is 16.0 Å². The first-order chi connectivity index (χ1) is 8.24. The monoisotopic (exact) mass is 291 g/mol. The Morgan fingerprint density at radius 3 is 2.56 bits per heavy atom. The molecule has 5 nitrogen and oxygen atoms in total. The molecule has 0 saturated heterocycles. The molecule has 0 saturated carbocycles. The minimum absolute atomic E-state index is 0. The van der Waals surface area contributed by atoms with Crippen molar-refractivity contribution in [1.82, 2.24) is 16.0 Å². The van der Waals surface area contributed by atoms with Crippen molar-refractivity contribution in [2.24, 2.45) is 0 Å². The van der Waals surface area contributed by atoms with Crippen LogP contribution < -0.4 is 16.0 Å². The Morgan fingerprint density at radius 2 is 1.94 bits per heavy atom. The van der Waals surface area contributed by atoms with Gasteiger partial charge in [-0.05, 0) is 18.5 Å². The Kier molecular flexibility index (Phi) is 9.26. The number of thiophene rings is 1. The number of hydrogen-bond acceptors (Lipinski definition) is 4. The van der Waals surface area contributed by atoms with E-state index in [-0.39, 0.29) is 24.2 Å².